The van der Waals surface area contributed by atoms with Crippen LogP contribution in [0.15, 0.2) is 0 Å². The number of carbonyl (C=O) groups excluding carboxylic acids is 6. The monoisotopic (exact) mass is 616 g/mol. The van der Waals surface area contributed by atoms with E-state index in [1.165, 1.54) is 4.90 Å². The Bertz CT molecular complexity index is 1190. The van der Waals surface area contributed by atoms with Crippen LogP contribution in [-0.2, 0) is 24.0 Å². The second kappa shape index (κ2) is 12.3. The number of primary amides is 1. The number of ketones is 1. The van der Waals surface area contributed by atoms with Gasteiger partial charge in [-0.2, -0.15) is 0 Å². The maximum Gasteiger partial charge on any atom is 0.316 e. The van der Waals surface area contributed by atoms with Crippen molar-refractivity contribution in [1.82, 2.24) is 25.8 Å². The number of fused-ring (bicyclic) bond motifs is 1. The number of hydrogen-bond donors (Lipinski definition) is 4. The van der Waals surface area contributed by atoms with Gasteiger partial charge in [-0.25, -0.2) is 4.79 Å². The Hall–Kier alpha value is -3.18. The lowest BCUT2D eigenvalue weighted by Gasteiger charge is -2.38. The molecular weight excluding hydrogens is 564 g/mol. The van der Waals surface area contributed by atoms with Gasteiger partial charge in [-0.05, 0) is 59.7 Å². The molecule has 0 spiro atoms. The zero-order valence-electron chi connectivity index (χ0n) is 27.6. The van der Waals surface area contributed by atoms with Crippen molar-refractivity contribution in [2.24, 2.45) is 46.2 Å². The number of nitrogens with two attached hydrogens (primary N) is 1. The molecule has 1 aliphatic heterocycles. The van der Waals surface area contributed by atoms with Gasteiger partial charge in [0.05, 0.1) is 6.04 Å². The zero-order valence-corrected chi connectivity index (χ0v) is 27.6. The normalized spacial score (nSPS) is 25.8. The lowest BCUT2D eigenvalue weighted by Crippen LogP contribution is -2.62. The van der Waals surface area contributed by atoms with E-state index in [1.54, 1.807) is 11.9 Å². The van der Waals surface area contributed by atoms with Crippen molar-refractivity contribution in [1.29, 1.82) is 0 Å². The first-order valence-corrected chi connectivity index (χ1v) is 16.1. The first kappa shape index (κ1) is 33.7. The fourth-order valence-corrected chi connectivity index (χ4v) is 6.82. The second-order valence-corrected chi connectivity index (χ2v) is 15.7. The second-order valence-electron chi connectivity index (χ2n) is 15.7. The van der Waals surface area contributed by atoms with E-state index in [9.17, 15) is 28.8 Å². The van der Waals surface area contributed by atoms with Crippen LogP contribution in [0.25, 0.3) is 0 Å². The van der Waals surface area contributed by atoms with Crippen LogP contribution in [0.3, 0.4) is 0 Å². The first-order valence-electron chi connectivity index (χ1n) is 16.1. The number of piperidine rings is 1. The molecule has 4 rings (SSSR count). The smallest absolute Gasteiger partial charge is 0.316 e. The van der Waals surface area contributed by atoms with Gasteiger partial charge in [0.25, 0.3) is 5.91 Å². The van der Waals surface area contributed by atoms with Gasteiger partial charge in [-0.1, -0.05) is 61.3 Å². The van der Waals surface area contributed by atoms with Gasteiger partial charge in [0.15, 0.2) is 0 Å². The summed E-state index contributed by atoms with van der Waals surface area (Å²) in [5.41, 5.74) is 4.38. The third-order valence-corrected chi connectivity index (χ3v) is 10.1. The van der Waals surface area contributed by atoms with Gasteiger partial charge in [0, 0.05) is 20.1 Å². The lowest BCUT2D eigenvalue weighted by atomic mass is 9.85. The third kappa shape index (κ3) is 7.37. The molecule has 12 nitrogen and oxygen atoms in total. The van der Waals surface area contributed by atoms with Gasteiger partial charge in [-0.15, -0.1) is 0 Å². The van der Waals surface area contributed by atoms with Crippen molar-refractivity contribution in [3.8, 4) is 0 Å². The van der Waals surface area contributed by atoms with E-state index in [4.69, 9.17) is 5.73 Å². The number of amides is 6. The zero-order chi connectivity index (χ0) is 32.9. The Labute approximate surface area is 261 Å². The summed E-state index contributed by atoms with van der Waals surface area (Å²) < 4.78 is 0. The molecule has 1 saturated heterocycles. The van der Waals surface area contributed by atoms with Gasteiger partial charge in [0.1, 0.15) is 18.1 Å². The van der Waals surface area contributed by atoms with E-state index in [2.05, 4.69) is 29.8 Å². The molecule has 0 bridgehead atoms. The lowest BCUT2D eigenvalue weighted by molar-refractivity contribution is -0.145. The largest absolute Gasteiger partial charge is 0.363 e. The number of hydrogen-bond acceptors (Lipinski definition) is 6. The number of urea groups is 1. The highest BCUT2D eigenvalue weighted by Gasteiger charge is 2.70. The van der Waals surface area contributed by atoms with Gasteiger partial charge < -0.3 is 31.5 Å². The van der Waals surface area contributed by atoms with E-state index < -0.39 is 59.1 Å². The van der Waals surface area contributed by atoms with Gasteiger partial charge >= 0.3 is 6.03 Å². The van der Waals surface area contributed by atoms with Crippen molar-refractivity contribution >= 4 is 35.4 Å². The summed E-state index contributed by atoms with van der Waals surface area (Å²) in [6, 6.07) is -4.29. The summed E-state index contributed by atoms with van der Waals surface area (Å²) >= 11 is 0. The molecule has 3 saturated carbocycles. The van der Waals surface area contributed by atoms with Crippen LogP contribution in [0.2, 0.25) is 0 Å². The van der Waals surface area contributed by atoms with E-state index in [1.807, 2.05) is 34.6 Å². The molecule has 1 heterocycles. The summed E-state index contributed by atoms with van der Waals surface area (Å²) in [5.74, 6) is -2.47. The fraction of sp³-hybridized carbons (Fsp3) is 0.812. The maximum absolute atomic E-state index is 14.2. The van der Waals surface area contributed by atoms with Crippen molar-refractivity contribution in [2.75, 3.05) is 20.1 Å². The molecule has 4 aliphatic rings. The van der Waals surface area contributed by atoms with Crippen LogP contribution >= 0.6 is 0 Å². The predicted octanol–water partition coefficient (Wildman–Crippen LogP) is 1.42. The summed E-state index contributed by atoms with van der Waals surface area (Å²) in [6.45, 7) is 14.3. The highest BCUT2D eigenvalue weighted by molar-refractivity contribution is 6.37. The number of nitrogens with zero attached hydrogens (tertiary/aromatic N) is 2. The number of rotatable bonds is 13. The predicted molar refractivity (Wildman–Crippen MR) is 164 cm³/mol. The van der Waals surface area contributed by atoms with E-state index >= 15 is 0 Å². The summed E-state index contributed by atoms with van der Waals surface area (Å²) in [6.07, 6.45) is 4.38. The van der Waals surface area contributed by atoms with Crippen molar-refractivity contribution < 1.29 is 28.8 Å². The molecule has 3 aliphatic carbocycles. The summed E-state index contributed by atoms with van der Waals surface area (Å²) in [7, 11) is 1.74. The molecule has 12 heteroatoms. The Morgan fingerprint density at radius 3 is 2.05 bits per heavy atom. The summed E-state index contributed by atoms with van der Waals surface area (Å²) in [5, 5.41) is 8.39. The molecule has 1 unspecified atom stereocenters. The molecule has 6 amide bonds. The van der Waals surface area contributed by atoms with Crippen LogP contribution in [0.5, 0.6) is 0 Å². The quantitative estimate of drug-likeness (QED) is 0.228. The maximum atomic E-state index is 14.2. The van der Waals surface area contributed by atoms with E-state index in [0.717, 1.165) is 25.7 Å². The molecule has 6 atom stereocenters. The average Bonchev–Trinajstić information content (AvgIpc) is 3.87. The highest BCUT2D eigenvalue weighted by Crippen LogP contribution is 2.65. The standard InChI is InChI=1S/C32H52N6O6/c1-16(2)22(28(42)37(8)14-18-11-12-18)35-30(44)36-25(31(3,4)5)29(43)38-15-19-21(32(19,6)7)23(38)27(41)34-20(13-17-9-10-17)24(39)26(33)40/h16-23,25H,9-15H2,1-8H3,(H2,33,40)(H,34,41)(H2,35,36,44)/t19-,20?,21-,22-,23-,25+/m0/s1. The van der Waals surface area contributed by atoms with Crippen molar-refractivity contribution in [3.05, 3.63) is 0 Å². The molecule has 0 radical (unpaired) electrons. The minimum Gasteiger partial charge on any atom is -0.363 e. The third-order valence-electron chi connectivity index (χ3n) is 10.1. The van der Waals surface area contributed by atoms with Crippen molar-refractivity contribution in [3.63, 3.8) is 0 Å². The fourth-order valence-electron chi connectivity index (χ4n) is 6.82. The van der Waals surface area contributed by atoms with Crippen LogP contribution in [0.4, 0.5) is 4.79 Å². The molecule has 0 aromatic rings. The highest BCUT2D eigenvalue weighted by atomic mass is 16.2. The minimum atomic E-state index is -1.10. The number of likely N-dealkylation sites (tertiary alicyclic amines) is 1. The molecule has 44 heavy (non-hydrogen) atoms. The van der Waals surface area contributed by atoms with Crippen LogP contribution in [-0.4, -0.2) is 89.5 Å². The molecule has 0 aromatic heterocycles. The van der Waals surface area contributed by atoms with E-state index in [0.29, 0.717) is 25.4 Å². The van der Waals surface area contributed by atoms with Crippen LogP contribution < -0.4 is 21.7 Å². The number of likely N-dealkylation sites (N-methyl/N-ethyl adjacent to an activating group) is 1. The molecule has 0 aromatic carbocycles. The molecule has 246 valence electrons. The molecule has 4 fully saturated rings. The van der Waals surface area contributed by atoms with Crippen LogP contribution in [0.1, 0.15) is 80.6 Å². The average molecular weight is 617 g/mol. The number of carbonyl (C=O) groups is 6. The molecular formula is C32H52N6O6. The Balaban J connectivity index is 1.50. The Morgan fingerprint density at radius 1 is 0.955 bits per heavy atom. The molecule has 5 N–H and O–H groups in total. The number of nitrogens with one attached hydrogen (secondary N) is 3. The Morgan fingerprint density at radius 2 is 1.55 bits per heavy atom. The van der Waals surface area contributed by atoms with Gasteiger partial charge in [-0.3, -0.25) is 24.0 Å². The van der Waals surface area contributed by atoms with E-state index in [-0.39, 0.29) is 35.0 Å². The van der Waals surface area contributed by atoms with Gasteiger partial charge in [0.2, 0.25) is 23.5 Å². The van der Waals surface area contributed by atoms with Crippen LogP contribution in [0, 0.1) is 40.4 Å². The Kier molecular flexibility index (Phi) is 9.43. The van der Waals surface area contributed by atoms with Crippen molar-refractivity contribution in [2.45, 2.75) is 105 Å². The summed E-state index contributed by atoms with van der Waals surface area (Å²) in [4.78, 5) is 82.1. The minimum absolute atomic E-state index is 0.0790. The topological polar surface area (TPSA) is 171 Å². The number of Topliss-reactive ketones (excluding diaryl/α,β-unsaturated/α-hetero) is 1. The first-order chi connectivity index (χ1) is 20.3. The SMILES string of the molecule is CC(C)[C@H](NC(=O)N[C@H](C(=O)N1C[C@H]2[C@@H]([C@H]1C(=O)NC(CC1CC1)C(=O)C(N)=O)C2(C)C)C(C)(C)C)C(=O)N(C)CC1CC1.